The molecule has 0 radical (unpaired) electrons. The number of carbonyl (C=O) groups is 1. The van der Waals surface area contributed by atoms with E-state index in [4.69, 9.17) is 18.8 Å². The van der Waals surface area contributed by atoms with Gasteiger partial charge in [-0.3, -0.25) is 9.56 Å². The lowest BCUT2D eigenvalue weighted by Crippen LogP contribution is -2.40. The highest BCUT2D eigenvalue weighted by molar-refractivity contribution is 7.54. The molecule has 0 fully saturated rings. The Bertz CT molecular complexity index is 1410. The van der Waals surface area contributed by atoms with Crippen molar-refractivity contribution >= 4 is 19.4 Å². The molecule has 0 bridgehead atoms. The van der Waals surface area contributed by atoms with Gasteiger partial charge in [0.15, 0.2) is 5.78 Å². The molecule has 8 heteroatoms. The molecule has 41 heavy (non-hydrogen) atoms. The lowest BCUT2D eigenvalue weighted by atomic mass is 10.0. The van der Waals surface area contributed by atoms with Gasteiger partial charge in [0.2, 0.25) is 0 Å². The largest absolute Gasteiger partial charge is 0.444 e. The fourth-order valence-electron chi connectivity index (χ4n) is 5.01. The number of carbonyl (C=O) groups excluding carboxylic acids is 1. The first-order valence-electron chi connectivity index (χ1n) is 14.1. The number of amides is 1. The molecule has 4 rings (SSSR count). The summed E-state index contributed by atoms with van der Waals surface area (Å²) in [7, 11) is -4.02. The van der Waals surface area contributed by atoms with Crippen LogP contribution < -0.4 is 5.32 Å². The van der Waals surface area contributed by atoms with Crippen LogP contribution in [0.15, 0.2) is 77.8 Å². The normalized spacial score (nSPS) is 14.4. The van der Waals surface area contributed by atoms with Crippen LogP contribution in [0.4, 0.5) is 4.79 Å². The zero-order valence-corrected chi connectivity index (χ0v) is 26.1. The van der Waals surface area contributed by atoms with Crippen LogP contribution in [0, 0.1) is 6.92 Å². The van der Waals surface area contributed by atoms with Crippen LogP contribution in [0.2, 0.25) is 0 Å². The van der Waals surface area contributed by atoms with Crippen LogP contribution in [-0.2, 0) is 18.3 Å². The van der Waals surface area contributed by atoms with Gasteiger partial charge < -0.3 is 19.1 Å². The number of hydrogen-bond acceptors (Lipinski definition) is 6. The Kier molecular flexibility index (Phi) is 9.22. The first-order chi connectivity index (χ1) is 19.3. The molecule has 1 N–H and O–H groups in total. The van der Waals surface area contributed by atoms with Crippen LogP contribution in [0.3, 0.4) is 0 Å². The zero-order valence-electron chi connectivity index (χ0n) is 25.2. The standard InChI is InChI=1S/C33H41N2O5P/c1-21(2)39-41(37,40-22(3)4)31(30(24-16-10-9-15-23(24)5)35-32(36)38-33(6,7)8)34-29-27-19-13-11-17-25(27)26-18-12-14-20-28(26)29/h9-22,30-31H,1-8H3,(H,35,36). The highest BCUT2D eigenvalue weighted by Gasteiger charge is 2.46. The van der Waals surface area contributed by atoms with Crippen LogP contribution >= 0.6 is 7.60 Å². The van der Waals surface area contributed by atoms with Crippen molar-refractivity contribution in [2.45, 2.75) is 85.0 Å². The van der Waals surface area contributed by atoms with E-state index in [1.807, 2.05) is 95.3 Å². The van der Waals surface area contributed by atoms with Crippen LogP contribution in [0.25, 0.3) is 11.1 Å². The summed E-state index contributed by atoms with van der Waals surface area (Å²) in [6.45, 7) is 14.6. The summed E-state index contributed by atoms with van der Waals surface area (Å²) in [5.41, 5.74) is 5.48. The summed E-state index contributed by atoms with van der Waals surface area (Å²) in [6.07, 6.45) is -1.50. The second-order valence-electron chi connectivity index (χ2n) is 11.8. The summed E-state index contributed by atoms with van der Waals surface area (Å²) in [6, 6.07) is 22.8. The predicted octanol–water partition coefficient (Wildman–Crippen LogP) is 8.45. The molecule has 3 aromatic carbocycles. The molecule has 0 aromatic heterocycles. The molecule has 1 aliphatic rings. The number of hydrogen-bond donors (Lipinski definition) is 1. The first-order valence-corrected chi connectivity index (χ1v) is 15.7. The predicted molar refractivity (Wildman–Crippen MR) is 165 cm³/mol. The Morgan fingerprint density at radius 1 is 0.780 bits per heavy atom. The van der Waals surface area contributed by atoms with E-state index in [2.05, 4.69) is 17.4 Å². The van der Waals surface area contributed by atoms with Crippen LogP contribution in [-0.4, -0.2) is 35.4 Å². The third-order valence-electron chi connectivity index (χ3n) is 6.45. The number of aryl methyl sites for hydroxylation is 1. The molecule has 2 unspecified atom stereocenters. The van der Waals surface area contributed by atoms with E-state index in [1.54, 1.807) is 20.8 Å². The molecule has 1 amide bonds. The summed E-state index contributed by atoms with van der Waals surface area (Å²) in [5.74, 6) is -1.13. The number of rotatable bonds is 9. The van der Waals surface area contributed by atoms with Crippen molar-refractivity contribution in [1.29, 1.82) is 0 Å². The highest BCUT2D eigenvalue weighted by atomic mass is 31.2. The van der Waals surface area contributed by atoms with Gasteiger partial charge in [0, 0.05) is 11.1 Å². The van der Waals surface area contributed by atoms with Crippen molar-refractivity contribution in [2.24, 2.45) is 4.99 Å². The molecule has 0 saturated carbocycles. The summed E-state index contributed by atoms with van der Waals surface area (Å²) >= 11 is 0. The molecular weight excluding hydrogens is 535 g/mol. The topological polar surface area (TPSA) is 86.2 Å². The monoisotopic (exact) mass is 576 g/mol. The van der Waals surface area contributed by atoms with Gasteiger partial charge in [-0.2, -0.15) is 0 Å². The molecular formula is C33H41N2O5P. The first kappa shape index (κ1) is 30.7. The van der Waals surface area contributed by atoms with Crippen molar-refractivity contribution in [3.63, 3.8) is 0 Å². The van der Waals surface area contributed by atoms with Crippen molar-refractivity contribution in [3.8, 4) is 11.1 Å². The van der Waals surface area contributed by atoms with Crippen molar-refractivity contribution in [3.05, 3.63) is 95.1 Å². The van der Waals surface area contributed by atoms with Crippen molar-refractivity contribution in [1.82, 2.24) is 5.32 Å². The second-order valence-corrected chi connectivity index (χ2v) is 13.8. The quantitative estimate of drug-likeness (QED) is 0.202. The van der Waals surface area contributed by atoms with Crippen LogP contribution in [0.5, 0.6) is 0 Å². The lowest BCUT2D eigenvalue weighted by molar-refractivity contribution is 0.0498. The van der Waals surface area contributed by atoms with Gasteiger partial charge in [-0.1, -0.05) is 72.8 Å². The summed E-state index contributed by atoms with van der Waals surface area (Å²) < 4.78 is 33.0. The molecule has 2 atom stereocenters. The van der Waals surface area contributed by atoms with Gasteiger partial charge in [0.05, 0.1) is 24.0 Å². The SMILES string of the molecule is Cc1ccccc1C(NC(=O)OC(C)(C)C)C(N=C1c2ccccc2-c2ccccc21)P(=O)(OC(C)C)OC(C)C. The Morgan fingerprint density at radius 2 is 1.24 bits per heavy atom. The van der Waals surface area contributed by atoms with E-state index in [0.717, 1.165) is 33.4 Å². The molecule has 0 spiro atoms. The molecule has 0 aliphatic heterocycles. The molecule has 0 saturated heterocycles. The number of nitrogens with one attached hydrogen (secondary N) is 1. The number of benzene rings is 3. The highest BCUT2D eigenvalue weighted by Crippen LogP contribution is 2.60. The van der Waals surface area contributed by atoms with Gasteiger partial charge in [-0.05, 0) is 77.6 Å². The molecule has 1 aliphatic carbocycles. The number of aliphatic imine (C=N–C) groups is 1. The van der Waals surface area contributed by atoms with Gasteiger partial charge >= 0.3 is 13.7 Å². The number of fused-ring (bicyclic) bond motifs is 3. The van der Waals surface area contributed by atoms with Crippen LogP contribution in [0.1, 0.15) is 76.8 Å². The minimum Gasteiger partial charge on any atom is -0.444 e. The number of alkyl carbamates (subject to hydrolysis) is 1. The maximum Gasteiger partial charge on any atom is 0.408 e. The number of nitrogens with zero attached hydrogens (tertiary/aromatic N) is 1. The molecule has 218 valence electrons. The van der Waals surface area contributed by atoms with Gasteiger partial charge in [-0.15, -0.1) is 0 Å². The zero-order chi connectivity index (χ0) is 29.9. The second kappa shape index (κ2) is 12.3. The Hall–Kier alpha value is -3.25. The van der Waals surface area contributed by atoms with E-state index >= 15 is 0 Å². The van der Waals surface area contributed by atoms with E-state index in [9.17, 15) is 9.36 Å². The average molecular weight is 577 g/mol. The van der Waals surface area contributed by atoms with Gasteiger partial charge in [0.1, 0.15) is 5.60 Å². The fraction of sp³-hybridized carbons (Fsp3) is 0.394. The fourth-order valence-corrected chi connectivity index (χ4v) is 7.35. The van der Waals surface area contributed by atoms with Gasteiger partial charge in [-0.25, -0.2) is 4.79 Å². The number of ether oxygens (including phenoxy) is 1. The third kappa shape index (κ3) is 7.16. The minimum atomic E-state index is -4.02. The molecule has 7 nitrogen and oxygen atoms in total. The van der Waals surface area contributed by atoms with E-state index < -0.39 is 43.3 Å². The Morgan fingerprint density at radius 3 is 1.71 bits per heavy atom. The maximum atomic E-state index is 15.0. The Balaban J connectivity index is 2.00. The van der Waals surface area contributed by atoms with Gasteiger partial charge in [0.25, 0.3) is 0 Å². The lowest BCUT2D eigenvalue weighted by Gasteiger charge is -2.34. The summed E-state index contributed by atoms with van der Waals surface area (Å²) in [4.78, 5) is 18.5. The summed E-state index contributed by atoms with van der Waals surface area (Å²) in [5, 5.41) is 3.00. The average Bonchev–Trinajstić information content (AvgIpc) is 3.18. The maximum absolute atomic E-state index is 15.0. The third-order valence-corrected chi connectivity index (χ3v) is 8.94. The van der Waals surface area contributed by atoms with Crippen molar-refractivity contribution in [2.75, 3.05) is 0 Å². The Labute approximate surface area is 243 Å². The van der Waals surface area contributed by atoms with Crippen molar-refractivity contribution < 1.29 is 23.1 Å². The van der Waals surface area contributed by atoms with E-state index in [0.29, 0.717) is 5.71 Å². The molecule has 3 aromatic rings. The van der Waals surface area contributed by atoms with E-state index in [-0.39, 0.29) is 0 Å². The smallest absolute Gasteiger partial charge is 0.408 e. The molecule has 0 heterocycles. The minimum absolute atomic E-state index is 0.426. The van der Waals surface area contributed by atoms with E-state index in [1.165, 1.54) is 0 Å².